The van der Waals surface area contributed by atoms with Crippen LogP contribution in [0, 0.1) is 22.7 Å². The molecule has 0 aliphatic rings. The van der Waals surface area contributed by atoms with Gasteiger partial charge in [0.1, 0.15) is 29.0 Å². The SMILES string of the molecule is COc1ccc(-c2c(C#N)c(/N=C/N(C)C)n3c(nc4ccccc43)c2C#N)cc1. The summed E-state index contributed by atoms with van der Waals surface area (Å²) in [5, 5.41) is 20.2. The summed E-state index contributed by atoms with van der Waals surface area (Å²) in [6, 6.07) is 19.4. The molecule has 2 aromatic carbocycles. The molecule has 4 rings (SSSR count). The number of aromatic nitrogens is 2. The van der Waals surface area contributed by atoms with E-state index in [1.807, 2.05) is 50.5 Å². The van der Waals surface area contributed by atoms with E-state index < -0.39 is 0 Å². The maximum absolute atomic E-state index is 10.1. The van der Waals surface area contributed by atoms with Crippen molar-refractivity contribution < 1.29 is 4.74 Å². The van der Waals surface area contributed by atoms with E-state index in [4.69, 9.17) is 4.74 Å². The first-order chi connectivity index (χ1) is 14.6. The van der Waals surface area contributed by atoms with Gasteiger partial charge in [-0.25, -0.2) is 9.98 Å². The first-order valence-corrected chi connectivity index (χ1v) is 9.21. The lowest BCUT2D eigenvalue weighted by Gasteiger charge is -2.14. The first kappa shape index (κ1) is 19.0. The highest BCUT2D eigenvalue weighted by atomic mass is 16.5. The van der Waals surface area contributed by atoms with E-state index >= 15 is 0 Å². The maximum atomic E-state index is 10.1. The molecule has 0 amide bonds. The Morgan fingerprint density at radius 1 is 1.03 bits per heavy atom. The molecule has 0 saturated heterocycles. The van der Waals surface area contributed by atoms with Gasteiger partial charge in [-0.3, -0.25) is 4.40 Å². The molecule has 0 saturated carbocycles. The van der Waals surface area contributed by atoms with Crippen molar-refractivity contribution in [2.45, 2.75) is 0 Å². The molecule has 0 spiro atoms. The number of rotatable bonds is 4. The number of hydrogen-bond donors (Lipinski definition) is 0. The molecule has 0 aliphatic heterocycles. The lowest BCUT2D eigenvalue weighted by molar-refractivity contribution is 0.415. The van der Waals surface area contributed by atoms with Gasteiger partial charge in [-0.15, -0.1) is 0 Å². The number of imidazole rings is 1. The minimum absolute atomic E-state index is 0.311. The molecule has 0 atom stereocenters. The lowest BCUT2D eigenvalue weighted by atomic mass is 9.96. The Labute approximate surface area is 173 Å². The van der Waals surface area contributed by atoms with Gasteiger partial charge in [0.15, 0.2) is 11.5 Å². The van der Waals surface area contributed by atoms with Gasteiger partial charge < -0.3 is 9.64 Å². The van der Waals surface area contributed by atoms with Crippen molar-refractivity contribution in [2.75, 3.05) is 21.2 Å². The van der Waals surface area contributed by atoms with Crippen LogP contribution in [-0.4, -0.2) is 41.8 Å². The van der Waals surface area contributed by atoms with E-state index in [0.29, 0.717) is 33.9 Å². The number of benzene rings is 2. The van der Waals surface area contributed by atoms with Crippen LogP contribution < -0.4 is 4.74 Å². The third-order valence-corrected chi connectivity index (χ3v) is 4.73. The van der Waals surface area contributed by atoms with E-state index in [9.17, 15) is 10.5 Å². The van der Waals surface area contributed by atoms with Crippen LogP contribution in [0.15, 0.2) is 53.5 Å². The second-order valence-corrected chi connectivity index (χ2v) is 6.87. The molecule has 2 aromatic heterocycles. The van der Waals surface area contributed by atoms with Crippen molar-refractivity contribution in [3.05, 3.63) is 59.7 Å². The molecular weight excluding hydrogens is 376 g/mol. The van der Waals surface area contributed by atoms with E-state index in [2.05, 4.69) is 22.1 Å². The monoisotopic (exact) mass is 394 g/mol. The summed E-state index contributed by atoms with van der Waals surface area (Å²) < 4.78 is 7.02. The Morgan fingerprint density at radius 2 is 1.73 bits per heavy atom. The Bertz CT molecular complexity index is 1370. The molecule has 0 unspecified atom stereocenters. The zero-order chi connectivity index (χ0) is 21.3. The van der Waals surface area contributed by atoms with Crippen LogP contribution in [-0.2, 0) is 0 Å². The summed E-state index contributed by atoms with van der Waals surface area (Å²) in [4.78, 5) is 11.1. The Balaban J connectivity index is 2.20. The largest absolute Gasteiger partial charge is 0.497 e. The number of aliphatic imine (C=N–C) groups is 1. The maximum Gasteiger partial charge on any atom is 0.159 e. The molecule has 0 fully saturated rings. The minimum Gasteiger partial charge on any atom is -0.497 e. The Morgan fingerprint density at radius 3 is 2.37 bits per heavy atom. The standard InChI is InChI=1S/C23H18N6O/c1-28(2)14-26-22-17(12-24)21(15-8-10-16(30-3)11-9-15)18(13-25)23-27-19-6-4-5-7-20(19)29(22)23/h4-11,14H,1-3H3/b26-14+. The molecule has 0 N–H and O–H groups in total. The topological polar surface area (TPSA) is 89.7 Å². The third-order valence-electron chi connectivity index (χ3n) is 4.73. The van der Waals surface area contributed by atoms with Gasteiger partial charge in [-0.2, -0.15) is 10.5 Å². The number of fused-ring (bicyclic) bond motifs is 3. The highest BCUT2D eigenvalue weighted by Crippen LogP contribution is 2.38. The van der Waals surface area contributed by atoms with Crippen LogP contribution in [0.2, 0.25) is 0 Å². The summed E-state index contributed by atoms with van der Waals surface area (Å²) >= 11 is 0. The van der Waals surface area contributed by atoms with Gasteiger partial charge in [0, 0.05) is 19.7 Å². The number of ether oxygens (including phenoxy) is 1. The number of methoxy groups -OCH3 is 1. The van der Waals surface area contributed by atoms with E-state index in [0.717, 1.165) is 16.6 Å². The van der Waals surface area contributed by atoms with Crippen molar-refractivity contribution >= 4 is 28.8 Å². The fourth-order valence-electron chi connectivity index (χ4n) is 3.42. The highest BCUT2D eigenvalue weighted by Gasteiger charge is 2.23. The third kappa shape index (κ3) is 2.99. The van der Waals surface area contributed by atoms with E-state index in [1.165, 1.54) is 0 Å². The summed E-state index contributed by atoms with van der Waals surface area (Å²) in [6.45, 7) is 0. The molecule has 146 valence electrons. The summed E-state index contributed by atoms with van der Waals surface area (Å²) in [5.74, 6) is 1.12. The second kappa shape index (κ2) is 7.57. The Hall–Kier alpha value is -4.36. The molecule has 7 nitrogen and oxygen atoms in total. The minimum atomic E-state index is 0.311. The van der Waals surface area contributed by atoms with Crippen molar-refractivity contribution in [1.29, 1.82) is 10.5 Å². The number of nitriles is 2. The Kier molecular flexibility index (Phi) is 4.79. The molecule has 30 heavy (non-hydrogen) atoms. The molecule has 0 aliphatic carbocycles. The molecule has 4 aromatic rings. The summed E-state index contributed by atoms with van der Waals surface area (Å²) in [5.41, 5.74) is 3.85. The predicted octanol–water partition coefficient (Wildman–Crippen LogP) is 4.13. The van der Waals surface area contributed by atoms with Gasteiger partial charge in [0.2, 0.25) is 0 Å². The van der Waals surface area contributed by atoms with Gasteiger partial charge >= 0.3 is 0 Å². The smallest absolute Gasteiger partial charge is 0.159 e. The van der Waals surface area contributed by atoms with Gasteiger partial charge in [-0.05, 0) is 29.8 Å². The summed E-state index contributed by atoms with van der Waals surface area (Å²) in [6.07, 6.45) is 1.63. The predicted molar refractivity (Wildman–Crippen MR) is 116 cm³/mol. The average Bonchev–Trinajstić information content (AvgIpc) is 3.15. The zero-order valence-corrected chi connectivity index (χ0v) is 16.8. The number of pyridine rings is 1. The molecule has 0 bridgehead atoms. The second-order valence-electron chi connectivity index (χ2n) is 6.87. The fraction of sp³-hybridized carbons (Fsp3) is 0.130. The van der Waals surface area contributed by atoms with Crippen molar-refractivity contribution in [3.63, 3.8) is 0 Å². The van der Waals surface area contributed by atoms with Crippen LogP contribution in [0.1, 0.15) is 11.1 Å². The molecule has 7 heteroatoms. The molecule has 2 heterocycles. The van der Waals surface area contributed by atoms with E-state index in [-0.39, 0.29) is 0 Å². The number of para-hydroxylation sites is 2. The van der Waals surface area contributed by atoms with Crippen LogP contribution in [0.4, 0.5) is 5.82 Å². The molecular formula is C23H18N6O. The highest BCUT2D eigenvalue weighted by molar-refractivity contribution is 5.93. The average molecular weight is 394 g/mol. The summed E-state index contributed by atoms with van der Waals surface area (Å²) in [7, 11) is 5.30. The van der Waals surface area contributed by atoms with Crippen molar-refractivity contribution in [2.24, 2.45) is 4.99 Å². The van der Waals surface area contributed by atoms with Crippen LogP contribution in [0.5, 0.6) is 5.75 Å². The first-order valence-electron chi connectivity index (χ1n) is 9.21. The lowest BCUT2D eigenvalue weighted by Crippen LogP contribution is -2.08. The van der Waals surface area contributed by atoms with Crippen LogP contribution in [0.3, 0.4) is 0 Å². The van der Waals surface area contributed by atoms with Crippen molar-refractivity contribution in [1.82, 2.24) is 14.3 Å². The van der Waals surface area contributed by atoms with Crippen LogP contribution >= 0.6 is 0 Å². The van der Waals surface area contributed by atoms with Gasteiger partial charge in [0.25, 0.3) is 0 Å². The molecule has 0 radical (unpaired) electrons. The number of hydrogen-bond acceptors (Lipinski definition) is 5. The van der Waals surface area contributed by atoms with E-state index in [1.54, 1.807) is 34.9 Å². The van der Waals surface area contributed by atoms with Crippen molar-refractivity contribution in [3.8, 4) is 29.0 Å². The van der Waals surface area contributed by atoms with Gasteiger partial charge in [0.05, 0.1) is 24.5 Å². The van der Waals surface area contributed by atoms with Gasteiger partial charge in [-0.1, -0.05) is 24.3 Å². The zero-order valence-electron chi connectivity index (χ0n) is 16.8. The quantitative estimate of drug-likeness (QED) is 0.383. The fourth-order valence-corrected chi connectivity index (χ4v) is 3.42. The normalized spacial score (nSPS) is 11.0. The number of nitrogens with zero attached hydrogens (tertiary/aromatic N) is 6. The van der Waals surface area contributed by atoms with Crippen LogP contribution in [0.25, 0.3) is 27.8 Å².